The van der Waals surface area contributed by atoms with Crippen molar-refractivity contribution in [2.75, 3.05) is 44.2 Å². The van der Waals surface area contributed by atoms with Gasteiger partial charge in [0.2, 0.25) is 5.91 Å². The van der Waals surface area contributed by atoms with Gasteiger partial charge in [0.05, 0.1) is 6.10 Å². The Morgan fingerprint density at radius 2 is 1.79 bits per heavy atom. The van der Waals surface area contributed by atoms with E-state index < -0.39 is 9.84 Å². The summed E-state index contributed by atoms with van der Waals surface area (Å²) in [5, 5.41) is 9.57. The molecule has 1 heterocycles. The summed E-state index contributed by atoms with van der Waals surface area (Å²) in [4.78, 5) is 15.5. The van der Waals surface area contributed by atoms with Gasteiger partial charge in [0.15, 0.2) is 9.84 Å². The van der Waals surface area contributed by atoms with Gasteiger partial charge in [-0.3, -0.25) is 9.69 Å². The fourth-order valence-electron chi connectivity index (χ4n) is 1.99. The van der Waals surface area contributed by atoms with Crippen LogP contribution < -0.4 is 0 Å². The monoisotopic (exact) mass is 292 g/mol. The number of β-amino-alcohol motifs (C(OH)–C–C–N with tert-alkyl or cyclic N) is 1. The zero-order chi connectivity index (χ0) is 14.5. The van der Waals surface area contributed by atoms with Crippen LogP contribution in [0.3, 0.4) is 0 Å². The number of sulfone groups is 1. The van der Waals surface area contributed by atoms with E-state index in [4.69, 9.17) is 0 Å². The molecule has 1 aliphatic rings. The molecule has 1 aliphatic heterocycles. The molecule has 0 aromatic heterocycles. The summed E-state index contributed by atoms with van der Waals surface area (Å²) in [5.74, 6) is -0.694. The van der Waals surface area contributed by atoms with E-state index in [0.29, 0.717) is 39.1 Å². The summed E-state index contributed by atoms with van der Waals surface area (Å²) in [6, 6.07) is 0. The number of nitrogens with zero attached hydrogens (tertiary/aromatic N) is 2. The van der Waals surface area contributed by atoms with Gasteiger partial charge in [0.25, 0.3) is 0 Å². The summed E-state index contributed by atoms with van der Waals surface area (Å²) in [6.07, 6.45) is 0.385. The van der Waals surface area contributed by atoms with E-state index in [9.17, 15) is 18.3 Å². The third-order valence-corrected chi connectivity index (χ3v) is 5.01. The van der Waals surface area contributed by atoms with Gasteiger partial charge < -0.3 is 10.0 Å². The van der Waals surface area contributed by atoms with Crippen LogP contribution in [0.1, 0.15) is 20.3 Å². The van der Waals surface area contributed by atoms with Crippen LogP contribution in [0.2, 0.25) is 0 Å². The second-order valence-electron chi connectivity index (χ2n) is 4.92. The van der Waals surface area contributed by atoms with Crippen molar-refractivity contribution in [2.24, 2.45) is 0 Å². The number of amides is 1. The van der Waals surface area contributed by atoms with Gasteiger partial charge in [0.1, 0.15) is 5.75 Å². The molecule has 1 atom stereocenters. The SMILES string of the molecule is CC[C@H](O)CN1CCN(C(=O)CS(=O)(=O)CC)CC1. The Morgan fingerprint density at radius 1 is 1.21 bits per heavy atom. The maximum Gasteiger partial charge on any atom is 0.237 e. The molecule has 0 bridgehead atoms. The topological polar surface area (TPSA) is 77.9 Å². The normalized spacial score (nSPS) is 19.4. The largest absolute Gasteiger partial charge is 0.392 e. The number of piperazine rings is 1. The van der Waals surface area contributed by atoms with E-state index in [1.807, 2.05) is 6.92 Å². The zero-order valence-electron chi connectivity index (χ0n) is 11.7. The molecule has 7 heteroatoms. The van der Waals surface area contributed by atoms with Crippen LogP contribution in [0.5, 0.6) is 0 Å². The Labute approximate surface area is 115 Å². The van der Waals surface area contributed by atoms with Crippen LogP contribution in [-0.2, 0) is 14.6 Å². The lowest BCUT2D eigenvalue weighted by atomic mass is 10.2. The fourth-order valence-corrected chi connectivity index (χ4v) is 2.75. The van der Waals surface area contributed by atoms with E-state index in [0.717, 1.165) is 0 Å². The molecule has 19 heavy (non-hydrogen) atoms. The van der Waals surface area contributed by atoms with Crippen molar-refractivity contribution >= 4 is 15.7 Å². The van der Waals surface area contributed by atoms with Crippen molar-refractivity contribution < 1.29 is 18.3 Å². The summed E-state index contributed by atoms with van der Waals surface area (Å²) < 4.78 is 22.8. The molecule has 0 aromatic rings. The first-order chi connectivity index (χ1) is 8.88. The number of aliphatic hydroxyl groups excluding tert-OH is 1. The molecule has 0 spiro atoms. The third kappa shape index (κ3) is 5.46. The zero-order valence-corrected chi connectivity index (χ0v) is 12.5. The molecule has 1 N–H and O–H groups in total. The first kappa shape index (κ1) is 16.4. The maximum atomic E-state index is 11.8. The second kappa shape index (κ2) is 7.21. The summed E-state index contributed by atoms with van der Waals surface area (Å²) in [7, 11) is -3.25. The van der Waals surface area contributed by atoms with E-state index in [1.54, 1.807) is 11.8 Å². The lowest BCUT2D eigenvalue weighted by Crippen LogP contribution is -2.51. The van der Waals surface area contributed by atoms with Gasteiger partial charge in [-0.25, -0.2) is 8.42 Å². The molecule has 0 aliphatic carbocycles. The van der Waals surface area contributed by atoms with E-state index in [1.165, 1.54) is 0 Å². The van der Waals surface area contributed by atoms with Crippen LogP contribution in [0.25, 0.3) is 0 Å². The van der Waals surface area contributed by atoms with Crippen molar-refractivity contribution in [2.45, 2.75) is 26.4 Å². The minimum absolute atomic E-state index is 0.00139. The van der Waals surface area contributed by atoms with Gasteiger partial charge in [-0.15, -0.1) is 0 Å². The molecule has 1 rings (SSSR count). The highest BCUT2D eigenvalue weighted by Crippen LogP contribution is 2.05. The van der Waals surface area contributed by atoms with Gasteiger partial charge in [0, 0.05) is 38.5 Å². The number of rotatable bonds is 6. The predicted molar refractivity (Wildman–Crippen MR) is 73.6 cm³/mol. The molecule has 0 unspecified atom stereocenters. The lowest BCUT2D eigenvalue weighted by Gasteiger charge is -2.35. The van der Waals surface area contributed by atoms with Crippen LogP contribution in [-0.4, -0.2) is 79.6 Å². The standard InChI is InChI=1S/C12H24N2O4S/c1-3-11(15)9-13-5-7-14(8-6-13)12(16)10-19(17,18)4-2/h11,15H,3-10H2,1-2H3/t11-/m0/s1. The molecule has 0 aromatic carbocycles. The summed E-state index contributed by atoms with van der Waals surface area (Å²) in [5.41, 5.74) is 0. The highest BCUT2D eigenvalue weighted by molar-refractivity contribution is 7.92. The first-order valence-electron chi connectivity index (χ1n) is 6.76. The molecule has 112 valence electrons. The Hall–Kier alpha value is -0.660. The molecule has 1 saturated heterocycles. The van der Waals surface area contributed by atoms with Crippen molar-refractivity contribution in [3.63, 3.8) is 0 Å². The van der Waals surface area contributed by atoms with E-state index in [-0.39, 0.29) is 23.5 Å². The predicted octanol–water partition coefficient (Wildman–Crippen LogP) is -0.664. The number of hydrogen-bond acceptors (Lipinski definition) is 5. The quantitative estimate of drug-likeness (QED) is 0.703. The molecular weight excluding hydrogens is 268 g/mol. The van der Waals surface area contributed by atoms with Crippen molar-refractivity contribution in [3.8, 4) is 0 Å². The van der Waals surface area contributed by atoms with Crippen LogP contribution in [0.15, 0.2) is 0 Å². The van der Waals surface area contributed by atoms with Gasteiger partial charge in [-0.2, -0.15) is 0 Å². The maximum absolute atomic E-state index is 11.8. The Balaban J connectivity index is 2.39. The van der Waals surface area contributed by atoms with Gasteiger partial charge in [-0.1, -0.05) is 13.8 Å². The van der Waals surface area contributed by atoms with Gasteiger partial charge >= 0.3 is 0 Å². The number of carbonyl (C=O) groups is 1. The number of aliphatic hydroxyl groups is 1. The Morgan fingerprint density at radius 3 is 2.26 bits per heavy atom. The minimum atomic E-state index is -3.25. The van der Waals surface area contributed by atoms with Crippen molar-refractivity contribution in [3.05, 3.63) is 0 Å². The molecule has 0 saturated carbocycles. The average molecular weight is 292 g/mol. The van der Waals surface area contributed by atoms with Crippen LogP contribution in [0.4, 0.5) is 0 Å². The van der Waals surface area contributed by atoms with Crippen molar-refractivity contribution in [1.29, 1.82) is 0 Å². The first-order valence-corrected chi connectivity index (χ1v) is 8.58. The molecule has 6 nitrogen and oxygen atoms in total. The van der Waals surface area contributed by atoms with Gasteiger partial charge in [-0.05, 0) is 6.42 Å². The fraction of sp³-hybridized carbons (Fsp3) is 0.917. The summed E-state index contributed by atoms with van der Waals surface area (Å²) >= 11 is 0. The van der Waals surface area contributed by atoms with E-state index in [2.05, 4.69) is 4.90 Å². The Kier molecular flexibility index (Phi) is 6.22. The number of hydrogen-bond donors (Lipinski definition) is 1. The number of carbonyl (C=O) groups excluding carboxylic acids is 1. The Bertz CT molecular complexity index is 389. The summed E-state index contributed by atoms with van der Waals surface area (Å²) in [6.45, 7) is 6.55. The molecule has 1 amide bonds. The van der Waals surface area contributed by atoms with Crippen LogP contribution in [0, 0.1) is 0 Å². The highest BCUT2D eigenvalue weighted by atomic mass is 32.2. The van der Waals surface area contributed by atoms with E-state index >= 15 is 0 Å². The molecular formula is C12H24N2O4S. The third-order valence-electron chi connectivity index (χ3n) is 3.45. The lowest BCUT2D eigenvalue weighted by molar-refractivity contribution is -0.130. The average Bonchev–Trinajstić information content (AvgIpc) is 2.39. The molecule has 1 fully saturated rings. The van der Waals surface area contributed by atoms with Crippen molar-refractivity contribution in [1.82, 2.24) is 9.80 Å². The van der Waals surface area contributed by atoms with Crippen LogP contribution >= 0.6 is 0 Å². The smallest absolute Gasteiger partial charge is 0.237 e. The minimum Gasteiger partial charge on any atom is -0.392 e. The second-order valence-corrected chi connectivity index (χ2v) is 7.27. The molecule has 0 radical (unpaired) electrons. The highest BCUT2D eigenvalue weighted by Gasteiger charge is 2.25.